The number of fused-ring (bicyclic) bond motifs is 2. The van der Waals surface area contributed by atoms with Crippen LogP contribution in [0, 0.1) is 0 Å². The Bertz CT molecular complexity index is 1400. The second-order valence-electron chi connectivity index (χ2n) is 9.30. The fourth-order valence-corrected chi connectivity index (χ4v) is 4.80. The predicted molar refractivity (Wildman–Crippen MR) is 138 cm³/mol. The minimum absolute atomic E-state index is 0.0247. The number of ether oxygens (including phenoxy) is 1. The van der Waals surface area contributed by atoms with Gasteiger partial charge in [0.05, 0.1) is 6.61 Å². The average Bonchev–Trinajstić information content (AvgIpc) is 3.48. The van der Waals surface area contributed by atoms with Crippen molar-refractivity contribution in [3.63, 3.8) is 0 Å². The standard InChI is InChI=1S/C26H31N7O3/c1-30-9-5-20-16-28-26(29-25(20)30)33-11-7-21(8-12-33)31(2)23(34)17-36-14-13-32-10-6-18-3-4-19(24(27)35)15-22(18)32/h3-6,9-10,15-16,21H,7-8,11-14,17H2,1-2H3,(H2,27,35). The number of aromatic nitrogens is 4. The third-order valence-electron chi connectivity index (χ3n) is 7.04. The van der Waals surface area contributed by atoms with Gasteiger partial charge in [0.25, 0.3) is 0 Å². The summed E-state index contributed by atoms with van der Waals surface area (Å²) in [5.41, 5.74) is 7.71. The van der Waals surface area contributed by atoms with E-state index in [4.69, 9.17) is 15.5 Å². The molecule has 5 rings (SSSR count). The first-order valence-electron chi connectivity index (χ1n) is 12.2. The Morgan fingerprint density at radius 2 is 1.92 bits per heavy atom. The minimum atomic E-state index is -0.454. The van der Waals surface area contributed by atoms with E-state index in [0.717, 1.165) is 53.8 Å². The molecule has 4 aromatic rings. The number of rotatable bonds is 8. The molecule has 1 saturated heterocycles. The first-order valence-corrected chi connectivity index (χ1v) is 12.2. The maximum absolute atomic E-state index is 12.7. The van der Waals surface area contributed by atoms with Gasteiger partial charge in [0, 0.05) is 74.8 Å². The molecule has 10 heteroatoms. The molecule has 36 heavy (non-hydrogen) atoms. The monoisotopic (exact) mass is 489 g/mol. The summed E-state index contributed by atoms with van der Waals surface area (Å²) in [6, 6.07) is 9.54. The number of nitrogens with two attached hydrogens (primary N) is 1. The number of carbonyl (C=O) groups excluding carboxylic acids is 2. The molecule has 0 spiro atoms. The van der Waals surface area contributed by atoms with Crippen LogP contribution in [0.15, 0.2) is 48.9 Å². The highest BCUT2D eigenvalue weighted by molar-refractivity contribution is 5.97. The highest BCUT2D eigenvalue weighted by Crippen LogP contribution is 2.22. The average molecular weight is 490 g/mol. The molecule has 1 aliphatic heterocycles. The molecule has 10 nitrogen and oxygen atoms in total. The summed E-state index contributed by atoms with van der Waals surface area (Å²) in [5.74, 6) is 0.258. The van der Waals surface area contributed by atoms with E-state index >= 15 is 0 Å². The number of benzene rings is 1. The lowest BCUT2D eigenvalue weighted by molar-refractivity contribution is -0.137. The summed E-state index contributed by atoms with van der Waals surface area (Å²) >= 11 is 0. The maximum atomic E-state index is 12.7. The molecule has 2 amide bonds. The van der Waals surface area contributed by atoms with Gasteiger partial charge in [-0.05, 0) is 42.5 Å². The summed E-state index contributed by atoms with van der Waals surface area (Å²) in [5, 5.41) is 2.05. The molecule has 4 heterocycles. The van der Waals surface area contributed by atoms with Crippen LogP contribution in [0.3, 0.4) is 0 Å². The van der Waals surface area contributed by atoms with Crippen molar-refractivity contribution in [2.75, 3.05) is 38.3 Å². The molecule has 0 atom stereocenters. The lowest BCUT2D eigenvalue weighted by Gasteiger charge is -2.36. The Labute approximate surface area is 209 Å². The second kappa shape index (κ2) is 9.98. The van der Waals surface area contributed by atoms with Gasteiger partial charge in [-0.2, -0.15) is 4.98 Å². The number of amides is 2. The van der Waals surface area contributed by atoms with Crippen molar-refractivity contribution in [3.8, 4) is 0 Å². The second-order valence-corrected chi connectivity index (χ2v) is 9.30. The van der Waals surface area contributed by atoms with Crippen LogP contribution in [-0.2, 0) is 23.1 Å². The Kier molecular flexibility index (Phi) is 6.60. The summed E-state index contributed by atoms with van der Waals surface area (Å²) in [4.78, 5) is 37.5. The predicted octanol–water partition coefficient (Wildman–Crippen LogP) is 2.17. The fourth-order valence-electron chi connectivity index (χ4n) is 4.80. The van der Waals surface area contributed by atoms with Crippen molar-refractivity contribution in [3.05, 3.63) is 54.5 Å². The molecule has 2 N–H and O–H groups in total. The maximum Gasteiger partial charge on any atom is 0.248 e. The number of nitrogens with zero attached hydrogens (tertiary/aromatic N) is 6. The van der Waals surface area contributed by atoms with Crippen LogP contribution in [-0.4, -0.2) is 75.2 Å². The Morgan fingerprint density at radius 1 is 1.14 bits per heavy atom. The number of primary amides is 1. The van der Waals surface area contributed by atoms with Crippen molar-refractivity contribution >= 4 is 39.7 Å². The highest BCUT2D eigenvalue weighted by atomic mass is 16.5. The van der Waals surface area contributed by atoms with Crippen molar-refractivity contribution in [2.24, 2.45) is 12.8 Å². The van der Waals surface area contributed by atoms with Crippen LogP contribution in [0.4, 0.5) is 5.95 Å². The third-order valence-corrected chi connectivity index (χ3v) is 7.04. The molecule has 0 bridgehead atoms. The molecule has 1 aromatic carbocycles. The number of likely N-dealkylation sites (N-methyl/N-ethyl adjacent to an activating group) is 1. The van der Waals surface area contributed by atoms with Crippen LogP contribution >= 0.6 is 0 Å². The quantitative estimate of drug-likeness (QED) is 0.380. The number of aryl methyl sites for hydroxylation is 1. The van der Waals surface area contributed by atoms with E-state index in [2.05, 4.69) is 9.88 Å². The topological polar surface area (TPSA) is 112 Å². The lowest BCUT2D eigenvalue weighted by atomic mass is 10.0. The van der Waals surface area contributed by atoms with Crippen molar-refractivity contribution in [2.45, 2.75) is 25.4 Å². The third kappa shape index (κ3) is 4.76. The molecular formula is C26H31N7O3. The van der Waals surface area contributed by atoms with Gasteiger partial charge in [0.1, 0.15) is 12.3 Å². The Balaban J connectivity index is 1.09. The van der Waals surface area contributed by atoms with E-state index in [1.807, 2.05) is 64.9 Å². The number of carbonyl (C=O) groups is 2. The van der Waals surface area contributed by atoms with Crippen molar-refractivity contribution in [1.82, 2.24) is 24.0 Å². The van der Waals surface area contributed by atoms with Gasteiger partial charge in [0.2, 0.25) is 17.8 Å². The number of hydrogen-bond donors (Lipinski definition) is 1. The zero-order valence-corrected chi connectivity index (χ0v) is 20.6. The highest BCUT2D eigenvalue weighted by Gasteiger charge is 2.26. The first kappa shape index (κ1) is 23.8. The van der Waals surface area contributed by atoms with Gasteiger partial charge in [-0.3, -0.25) is 9.59 Å². The van der Waals surface area contributed by atoms with Gasteiger partial charge in [-0.25, -0.2) is 4.98 Å². The summed E-state index contributed by atoms with van der Waals surface area (Å²) < 4.78 is 9.70. The normalized spacial score (nSPS) is 14.6. The Hall–Kier alpha value is -3.92. The zero-order valence-electron chi connectivity index (χ0n) is 20.6. The SMILES string of the molecule is CN(C(=O)COCCn1ccc2ccc(C(N)=O)cc21)C1CCN(c2ncc3ccn(C)c3n2)CC1. The number of hydrogen-bond acceptors (Lipinski definition) is 6. The van der Waals surface area contributed by atoms with Crippen molar-refractivity contribution in [1.29, 1.82) is 0 Å². The molecule has 0 aliphatic carbocycles. The molecule has 0 unspecified atom stereocenters. The largest absolute Gasteiger partial charge is 0.370 e. The van der Waals surface area contributed by atoms with Crippen LogP contribution in [0.2, 0.25) is 0 Å². The van der Waals surface area contributed by atoms with Gasteiger partial charge < -0.3 is 29.4 Å². The molecule has 0 radical (unpaired) electrons. The number of anilines is 1. The smallest absolute Gasteiger partial charge is 0.248 e. The van der Waals surface area contributed by atoms with Gasteiger partial charge in [-0.15, -0.1) is 0 Å². The van der Waals surface area contributed by atoms with Crippen LogP contribution in [0.25, 0.3) is 21.9 Å². The number of piperidine rings is 1. The summed E-state index contributed by atoms with van der Waals surface area (Å²) in [6.45, 7) is 2.60. The fraction of sp³-hybridized carbons (Fsp3) is 0.385. The van der Waals surface area contributed by atoms with E-state index in [9.17, 15) is 9.59 Å². The van der Waals surface area contributed by atoms with E-state index in [1.165, 1.54) is 0 Å². The van der Waals surface area contributed by atoms with E-state index in [1.54, 1.807) is 12.1 Å². The van der Waals surface area contributed by atoms with Gasteiger partial charge in [-0.1, -0.05) is 6.07 Å². The molecular weight excluding hydrogens is 458 g/mol. The van der Waals surface area contributed by atoms with Crippen molar-refractivity contribution < 1.29 is 14.3 Å². The minimum Gasteiger partial charge on any atom is -0.370 e. The molecule has 188 valence electrons. The molecule has 3 aromatic heterocycles. The molecule has 0 saturated carbocycles. The van der Waals surface area contributed by atoms with Crippen LogP contribution < -0.4 is 10.6 Å². The molecule has 1 fully saturated rings. The van der Waals surface area contributed by atoms with Gasteiger partial charge >= 0.3 is 0 Å². The Morgan fingerprint density at radius 3 is 2.69 bits per heavy atom. The summed E-state index contributed by atoms with van der Waals surface area (Å²) in [6.07, 6.45) is 7.50. The summed E-state index contributed by atoms with van der Waals surface area (Å²) in [7, 11) is 3.83. The van der Waals surface area contributed by atoms with E-state index < -0.39 is 5.91 Å². The zero-order chi connectivity index (χ0) is 25.2. The first-order chi connectivity index (χ1) is 17.4. The van der Waals surface area contributed by atoms with E-state index in [0.29, 0.717) is 18.7 Å². The van der Waals surface area contributed by atoms with Gasteiger partial charge in [0.15, 0.2) is 0 Å². The lowest BCUT2D eigenvalue weighted by Crippen LogP contribution is -2.47. The van der Waals surface area contributed by atoms with Crippen LogP contribution in [0.1, 0.15) is 23.2 Å². The van der Waals surface area contributed by atoms with E-state index in [-0.39, 0.29) is 18.6 Å². The van der Waals surface area contributed by atoms with Crippen LogP contribution in [0.5, 0.6) is 0 Å². The molecule has 1 aliphatic rings.